The molecule has 0 aliphatic heterocycles. The highest BCUT2D eigenvalue weighted by atomic mass is 79.9. The minimum atomic E-state index is -0.584. The van der Waals surface area contributed by atoms with Crippen LogP contribution in [0.15, 0.2) is 16.6 Å². The van der Waals surface area contributed by atoms with Gasteiger partial charge in [0.15, 0.2) is 0 Å². The van der Waals surface area contributed by atoms with Gasteiger partial charge in [0.2, 0.25) is 5.91 Å². The normalized spacial score (nSPS) is 11.5. The number of carbonyl (C=O) groups excluding carboxylic acids is 1. The third kappa shape index (κ3) is 3.63. The first-order valence-corrected chi connectivity index (χ1v) is 7.61. The first kappa shape index (κ1) is 16.8. The minimum Gasteiger partial charge on any atom is -0.329 e. The number of hydrogen-bond donors (Lipinski definition) is 2. The topological polar surface area (TPSA) is 55.1 Å². The van der Waals surface area contributed by atoms with Crippen molar-refractivity contribution >= 4 is 50.7 Å². The van der Waals surface area contributed by atoms with E-state index in [1.807, 2.05) is 13.8 Å². The zero-order valence-electron chi connectivity index (χ0n) is 10.9. The molecule has 0 spiro atoms. The Kier molecular flexibility index (Phi) is 6.12. The molecule has 0 bridgehead atoms. The van der Waals surface area contributed by atoms with Crippen molar-refractivity contribution in [1.29, 1.82) is 0 Å². The number of benzene rings is 1. The van der Waals surface area contributed by atoms with Gasteiger partial charge in [-0.15, -0.1) is 0 Å². The minimum absolute atomic E-state index is 0.147. The number of nitrogens with two attached hydrogens (primary N) is 1. The van der Waals surface area contributed by atoms with E-state index >= 15 is 0 Å². The van der Waals surface area contributed by atoms with Crippen LogP contribution in [0.3, 0.4) is 0 Å². The van der Waals surface area contributed by atoms with Crippen LogP contribution in [0.4, 0.5) is 5.69 Å². The van der Waals surface area contributed by atoms with Crippen molar-refractivity contribution in [2.75, 3.05) is 11.9 Å². The van der Waals surface area contributed by atoms with Crippen LogP contribution in [0.2, 0.25) is 10.0 Å². The van der Waals surface area contributed by atoms with Crippen LogP contribution < -0.4 is 11.1 Å². The lowest BCUT2D eigenvalue weighted by Gasteiger charge is -2.29. The molecule has 0 fully saturated rings. The van der Waals surface area contributed by atoms with Crippen molar-refractivity contribution in [2.24, 2.45) is 11.1 Å². The molecule has 1 aromatic rings. The Morgan fingerprint density at radius 3 is 2.16 bits per heavy atom. The van der Waals surface area contributed by atoms with Gasteiger partial charge in [0, 0.05) is 11.0 Å². The van der Waals surface area contributed by atoms with Crippen LogP contribution in [-0.2, 0) is 4.79 Å². The molecule has 1 amide bonds. The Balaban J connectivity index is 3.06. The molecule has 3 N–H and O–H groups in total. The summed E-state index contributed by atoms with van der Waals surface area (Å²) in [6, 6.07) is 3.37. The summed E-state index contributed by atoms with van der Waals surface area (Å²) >= 11 is 15.5. The van der Waals surface area contributed by atoms with E-state index in [-0.39, 0.29) is 12.5 Å². The fourth-order valence-electron chi connectivity index (χ4n) is 1.86. The van der Waals surface area contributed by atoms with Gasteiger partial charge in [-0.25, -0.2) is 0 Å². The summed E-state index contributed by atoms with van der Waals surface area (Å²) < 4.78 is 0.761. The molecule has 0 aliphatic carbocycles. The standard InChI is InChI=1S/C13H17BrCl2N2O/c1-3-13(4-2,7-17)12(19)18-11-9(15)5-8(14)6-10(11)16/h5-6H,3-4,7,17H2,1-2H3,(H,18,19). The zero-order valence-corrected chi connectivity index (χ0v) is 14.0. The summed E-state index contributed by atoms with van der Waals surface area (Å²) in [5.41, 5.74) is 5.59. The summed E-state index contributed by atoms with van der Waals surface area (Å²) in [4.78, 5) is 12.4. The fraction of sp³-hybridized carbons (Fsp3) is 0.462. The molecule has 0 aliphatic rings. The van der Waals surface area contributed by atoms with Crippen LogP contribution in [-0.4, -0.2) is 12.5 Å². The van der Waals surface area contributed by atoms with Crippen LogP contribution >= 0.6 is 39.1 Å². The fourth-order valence-corrected chi connectivity index (χ4v) is 3.16. The average molecular weight is 368 g/mol. The Labute approximate surface area is 132 Å². The number of nitrogens with one attached hydrogen (secondary N) is 1. The Bertz CT molecular complexity index is 444. The van der Waals surface area contributed by atoms with Crippen LogP contribution in [0.1, 0.15) is 26.7 Å². The number of hydrogen-bond acceptors (Lipinski definition) is 2. The lowest BCUT2D eigenvalue weighted by molar-refractivity contribution is -0.125. The number of amides is 1. The maximum absolute atomic E-state index is 12.4. The van der Waals surface area contributed by atoms with E-state index in [0.29, 0.717) is 28.6 Å². The molecule has 0 unspecified atom stereocenters. The van der Waals surface area contributed by atoms with Gasteiger partial charge in [0.1, 0.15) is 0 Å². The maximum atomic E-state index is 12.4. The van der Waals surface area contributed by atoms with Gasteiger partial charge in [-0.1, -0.05) is 53.0 Å². The first-order valence-electron chi connectivity index (χ1n) is 6.06. The summed E-state index contributed by atoms with van der Waals surface area (Å²) in [7, 11) is 0. The van der Waals surface area contributed by atoms with Crippen LogP contribution in [0, 0.1) is 5.41 Å². The van der Waals surface area contributed by atoms with E-state index in [4.69, 9.17) is 28.9 Å². The molecule has 0 radical (unpaired) electrons. The monoisotopic (exact) mass is 366 g/mol. The molecule has 19 heavy (non-hydrogen) atoms. The molecule has 6 heteroatoms. The van der Waals surface area contributed by atoms with Gasteiger partial charge in [-0.2, -0.15) is 0 Å². The third-order valence-corrected chi connectivity index (χ3v) is 4.53. The van der Waals surface area contributed by atoms with Crippen LogP contribution in [0.5, 0.6) is 0 Å². The van der Waals surface area contributed by atoms with Gasteiger partial charge >= 0.3 is 0 Å². The second-order valence-electron chi connectivity index (χ2n) is 4.39. The molecular weight excluding hydrogens is 351 g/mol. The predicted molar refractivity (Wildman–Crippen MR) is 84.9 cm³/mol. The largest absolute Gasteiger partial charge is 0.329 e. The molecule has 0 saturated carbocycles. The highest BCUT2D eigenvalue weighted by molar-refractivity contribution is 9.10. The quantitative estimate of drug-likeness (QED) is 0.807. The smallest absolute Gasteiger partial charge is 0.231 e. The number of halogens is 3. The van der Waals surface area contributed by atoms with Crippen molar-refractivity contribution in [3.63, 3.8) is 0 Å². The van der Waals surface area contributed by atoms with Crippen molar-refractivity contribution < 1.29 is 4.79 Å². The van der Waals surface area contributed by atoms with Gasteiger partial charge in [-0.05, 0) is 25.0 Å². The molecule has 0 saturated heterocycles. The van der Waals surface area contributed by atoms with E-state index in [9.17, 15) is 4.79 Å². The highest BCUT2D eigenvalue weighted by Gasteiger charge is 2.34. The highest BCUT2D eigenvalue weighted by Crippen LogP contribution is 2.36. The average Bonchev–Trinajstić information content (AvgIpc) is 2.36. The molecule has 0 atom stereocenters. The SMILES string of the molecule is CCC(CC)(CN)C(=O)Nc1c(Cl)cc(Br)cc1Cl. The molecule has 1 aromatic carbocycles. The van der Waals surface area contributed by atoms with E-state index in [2.05, 4.69) is 21.2 Å². The van der Waals surface area contributed by atoms with Crippen LogP contribution in [0.25, 0.3) is 0 Å². The number of rotatable bonds is 5. The van der Waals surface area contributed by atoms with E-state index in [1.165, 1.54) is 0 Å². The van der Waals surface area contributed by atoms with Crippen molar-refractivity contribution in [3.8, 4) is 0 Å². The van der Waals surface area contributed by atoms with Crippen molar-refractivity contribution in [3.05, 3.63) is 26.7 Å². The Morgan fingerprint density at radius 1 is 1.32 bits per heavy atom. The summed E-state index contributed by atoms with van der Waals surface area (Å²) in [5, 5.41) is 3.58. The van der Waals surface area contributed by atoms with Crippen molar-refractivity contribution in [2.45, 2.75) is 26.7 Å². The van der Waals surface area contributed by atoms with Gasteiger partial charge in [0.25, 0.3) is 0 Å². The lowest BCUT2D eigenvalue weighted by Crippen LogP contribution is -2.41. The third-order valence-electron chi connectivity index (χ3n) is 3.47. The van der Waals surface area contributed by atoms with E-state index < -0.39 is 5.41 Å². The van der Waals surface area contributed by atoms with Gasteiger partial charge < -0.3 is 11.1 Å². The number of carbonyl (C=O) groups is 1. The molecule has 1 rings (SSSR count). The lowest BCUT2D eigenvalue weighted by atomic mass is 9.81. The summed E-state index contributed by atoms with van der Waals surface area (Å²) in [6.07, 6.45) is 1.33. The molecular formula is C13H17BrCl2N2O. The summed E-state index contributed by atoms with van der Waals surface area (Å²) in [5.74, 6) is -0.147. The van der Waals surface area contributed by atoms with E-state index in [1.54, 1.807) is 12.1 Å². The molecule has 3 nitrogen and oxygen atoms in total. The maximum Gasteiger partial charge on any atom is 0.231 e. The zero-order chi connectivity index (χ0) is 14.6. The molecule has 106 valence electrons. The Morgan fingerprint density at radius 2 is 1.79 bits per heavy atom. The summed E-state index contributed by atoms with van der Waals surface area (Å²) in [6.45, 7) is 4.18. The second kappa shape index (κ2) is 6.93. The molecule has 0 heterocycles. The first-order chi connectivity index (χ1) is 8.90. The Hall–Kier alpha value is -0.290. The molecule has 0 aromatic heterocycles. The number of anilines is 1. The van der Waals surface area contributed by atoms with E-state index in [0.717, 1.165) is 4.47 Å². The van der Waals surface area contributed by atoms with Gasteiger partial charge in [-0.3, -0.25) is 4.79 Å². The predicted octanol–water partition coefficient (Wildman–Crippen LogP) is 4.46. The second-order valence-corrected chi connectivity index (χ2v) is 6.12. The van der Waals surface area contributed by atoms with Gasteiger partial charge in [0.05, 0.1) is 21.1 Å². The van der Waals surface area contributed by atoms with Crippen molar-refractivity contribution in [1.82, 2.24) is 0 Å².